The van der Waals surface area contributed by atoms with Crippen molar-refractivity contribution in [3.8, 4) is 5.75 Å². The van der Waals surface area contributed by atoms with Gasteiger partial charge in [-0.15, -0.1) is 0 Å². The topological polar surface area (TPSA) is 32.3 Å². The molecule has 0 heterocycles. The molecule has 0 aromatic heterocycles. The molecule has 2 N–H and O–H groups in total. The quantitative estimate of drug-likeness (QED) is 0.854. The van der Waals surface area contributed by atoms with E-state index in [9.17, 15) is 9.50 Å². The predicted octanol–water partition coefficient (Wildman–Crippen LogP) is 3.94. The van der Waals surface area contributed by atoms with Gasteiger partial charge in [0.2, 0.25) is 0 Å². The molecule has 2 nitrogen and oxygen atoms in total. The van der Waals surface area contributed by atoms with Crippen LogP contribution < -0.4 is 5.32 Å². The van der Waals surface area contributed by atoms with E-state index in [0.717, 1.165) is 35.2 Å². The molecule has 2 aromatic carbocycles. The smallest absolute Gasteiger partial charge is 0.125 e. The first-order chi connectivity index (χ1) is 9.15. The van der Waals surface area contributed by atoms with E-state index in [2.05, 4.69) is 5.32 Å². The Balaban J connectivity index is 1.91. The Morgan fingerprint density at radius 3 is 2.95 bits per heavy atom. The number of phenols is 1. The molecule has 0 amide bonds. The van der Waals surface area contributed by atoms with Crippen molar-refractivity contribution in [1.29, 1.82) is 0 Å². The Labute approximate surface area is 111 Å². The highest BCUT2D eigenvalue weighted by molar-refractivity contribution is 5.55. The van der Waals surface area contributed by atoms with Gasteiger partial charge in [-0.2, -0.15) is 0 Å². The lowest BCUT2D eigenvalue weighted by atomic mass is 10.1. The number of phenolic OH excluding ortho intramolecular Hbond substituents is 1. The third-order valence-corrected chi connectivity index (χ3v) is 3.78. The molecule has 0 bridgehead atoms. The number of fused-ring (bicyclic) bond motifs is 1. The zero-order chi connectivity index (χ0) is 13.4. The van der Waals surface area contributed by atoms with Gasteiger partial charge in [-0.1, -0.05) is 18.2 Å². The summed E-state index contributed by atoms with van der Waals surface area (Å²) in [5.41, 5.74) is 3.97. The maximum atomic E-state index is 13.3. The lowest BCUT2D eigenvalue weighted by molar-refractivity contribution is 0.469. The summed E-state index contributed by atoms with van der Waals surface area (Å²) in [5.74, 6) is 0.125. The van der Waals surface area contributed by atoms with Gasteiger partial charge < -0.3 is 10.4 Å². The Bertz CT molecular complexity index is 624. The SMILES string of the molecule is Cc1ccc(F)cc1NC1CCc2c(O)cccc21. The maximum absolute atomic E-state index is 13.3. The minimum absolute atomic E-state index is 0.141. The summed E-state index contributed by atoms with van der Waals surface area (Å²) in [6.07, 6.45) is 1.77. The van der Waals surface area contributed by atoms with Gasteiger partial charge in [0.25, 0.3) is 0 Å². The summed E-state index contributed by atoms with van der Waals surface area (Å²) in [6, 6.07) is 10.5. The average molecular weight is 257 g/mol. The van der Waals surface area contributed by atoms with E-state index in [1.165, 1.54) is 12.1 Å². The van der Waals surface area contributed by atoms with Crippen molar-refractivity contribution in [3.63, 3.8) is 0 Å². The van der Waals surface area contributed by atoms with Gasteiger partial charge >= 0.3 is 0 Å². The number of hydrogen-bond acceptors (Lipinski definition) is 2. The third-order valence-electron chi connectivity index (χ3n) is 3.78. The highest BCUT2D eigenvalue weighted by Crippen LogP contribution is 2.38. The molecule has 0 fully saturated rings. The first-order valence-corrected chi connectivity index (χ1v) is 6.48. The number of nitrogens with one attached hydrogen (secondary N) is 1. The fourth-order valence-electron chi connectivity index (χ4n) is 2.72. The highest BCUT2D eigenvalue weighted by Gasteiger charge is 2.24. The second-order valence-corrected chi connectivity index (χ2v) is 5.04. The molecule has 1 aliphatic carbocycles. The van der Waals surface area contributed by atoms with Crippen molar-refractivity contribution in [2.45, 2.75) is 25.8 Å². The van der Waals surface area contributed by atoms with Crippen molar-refractivity contribution in [1.82, 2.24) is 0 Å². The molecule has 1 atom stereocenters. The van der Waals surface area contributed by atoms with E-state index < -0.39 is 0 Å². The fourth-order valence-corrected chi connectivity index (χ4v) is 2.72. The van der Waals surface area contributed by atoms with Crippen LogP contribution in [0.1, 0.15) is 29.2 Å². The number of aromatic hydroxyl groups is 1. The van der Waals surface area contributed by atoms with Crippen LogP contribution in [0.3, 0.4) is 0 Å². The van der Waals surface area contributed by atoms with Crippen LogP contribution in [0.5, 0.6) is 5.75 Å². The van der Waals surface area contributed by atoms with Crippen LogP contribution in [-0.4, -0.2) is 5.11 Å². The molecule has 3 rings (SSSR count). The van der Waals surface area contributed by atoms with Gasteiger partial charge in [0.1, 0.15) is 11.6 Å². The number of aryl methyl sites for hydroxylation is 1. The summed E-state index contributed by atoms with van der Waals surface area (Å²) >= 11 is 0. The van der Waals surface area contributed by atoms with Crippen LogP contribution >= 0.6 is 0 Å². The molecule has 3 heteroatoms. The number of hydrogen-bond donors (Lipinski definition) is 2. The summed E-state index contributed by atoms with van der Waals surface area (Å²) in [6.45, 7) is 1.96. The molecule has 19 heavy (non-hydrogen) atoms. The van der Waals surface area contributed by atoms with Crippen molar-refractivity contribution >= 4 is 5.69 Å². The average Bonchev–Trinajstić information content (AvgIpc) is 2.79. The van der Waals surface area contributed by atoms with E-state index in [1.54, 1.807) is 12.1 Å². The zero-order valence-corrected chi connectivity index (χ0v) is 10.8. The molecule has 98 valence electrons. The van der Waals surface area contributed by atoms with E-state index in [0.29, 0.717) is 5.75 Å². The van der Waals surface area contributed by atoms with Crippen molar-refractivity contribution in [2.24, 2.45) is 0 Å². The van der Waals surface area contributed by atoms with E-state index >= 15 is 0 Å². The normalized spacial score (nSPS) is 17.3. The number of rotatable bonds is 2. The minimum Gasteiger partial charge on any atom is -0.508 e. The summed E-state index contributed by atoms with van der Waals surface area (Å²) < 4.78 is 13.3. The lowest BCUT2D eigenvalue weighted by Gasteiger charge is -2.17. The molecule has 0 aliphatic heterocycles. The molecule has 0 spiro atoms. The first kappa shape index (κ1) is 12.0. The van der Waals surface area contributed by atoms with E-state index in [1.807, 2.05) is 19.1 Å². The van der Waals surface area contributed by atoms with Crippen LogP contribution in [-0.2, 0) is 6.42 Å². The Hall–Kier alpha value is -2.03. The zero-order valence-electron chi connectivity index (χ0n) is 10.8. The van der Waals surface area contributed by atoms with Gasteiger partial charge in [0, 0.05) is 5.69 Å². The van der Waals surface area contributed by atoms with Crippen LogP contribution in [0.25, 0.3) is 0 Å². The van der Waals surface area contributed by atoms with Crippen LogP contribution in [0, 0.1) is 12.7 Å². The van der Waals surface area contributed by atoms with E-state index in [-0.39, 0.29) is 11.9 Å². The van der Waals surface area contributed by atoms with Gasteiger partial charge in [-0.25, -0.2) is 4.39 Å². The summed E-state index contributed by atoms with van der Waals surface area (Å²) in [5, 5.41) is 13.2. The standard InChI is InChI=1S/C16H16FNO/c1-10-5-6-11(17)9-15(10)18-14-8-7-13-12(14)3-2-4-16(13)19/h2-6,9,14,18-19H,7-8H2,1H3. The number of anilines is 1. The molecule has 1 unspecified atom stereocenters. The molecular weight excluding hydrogens is 241 g/mol. The Kier molecular flexibility index (Phi) is 2.90. The van der Waals surface area contributed by atoms with Gasteiger partial charge in [-0.3, -0.25) is 0 Å². The van der Waals surface area contributed by atoms with Crippen molar-refractivity contribution < 1.29 is 9.50 Å². The summed E-state index contributed by atoms with van der Waals surface area (Å²) in [7, 11) is 0. The second-order valence-electron chi connectivity index (χ2n) is 5.04. The molecule has 0 saturated carbocycles. The maximum Gasteiger partial charge on any atom is 0.125 e. The third kappa shape index (κ3) is 2.16. The van der Waals surface area contributed by atoms with Crippen LogP contribution in [0.15, 0.2) is 36.4 Å². The van der Waals surface area contributed by atoms with Gasteiger partial charge in [-0.05, 0) is 54.7 Å². The number of benzene rings is 2. The molecule has 1 aliphatic rings. The molecule has 0 saturated heterocycles. The Morgan fingerprint density at radius 2 is 2.11 bits per heavy atom. The molecule has 0 radical (unpaired) electrons. The minimum atomic E-state index is -0.234. The first-order valence-electron chi connectivity index (χ1n) is 6.48. The molecular formula is C16H16FNO. The van der Waals surface area contributed by atoms with E-state index in [4.69, 9.17) is 0 Å². The number of halogens is 1. The second kappa shape index (κ2) is 4.57. The lowest BCUT2D eigenvalue weighted by Crippen LogP contribution is -2.08. The van der Waals surface area contributed by atoms with Gasteiger partial charge in [0.05, 0.1) is 6.04 Å². The predicted molar refractivity (Wildman–Crippen MR) is 73.9 cm³/mol. The van der Waals surface area contributed by atoms with Crippen LogP contribution in [0.4, 0.5) is 10.1 Å². The van der Waals surface area contributed by atoms with Crippen molar-refractivity contribution in [3.05, 3.63) is 58.9 Å². The summed E-state index contributed by atoms with van der Waals surface area (Å²) in [4.78, 5) is 0. The van der Waals surface area contributed by atoms with Crippen LogP contribution in [0.2, 0.25) is 0 Å². The Morgan fingerprint density at radius 1 is 1.26 bits per heavy atom. The highest BCUT2D eigenvalue weighted by atomic mass is 19.1. The monoisotopic (exact) mass is 257 g/mol. The molecule has 2 aromatic rings. The largest absolute Gasteiger partial charge is 0.508 e. The van der Waals surface area contributed by atoms with Crippen molar-refractivity contribution in [2.75, 3.05) is 5.32 Å². The fraction of sp³-hybridized carbons (Fsp3) is 0.250. The van der Waals surface area contributed by atoms with Gasteiger partial charge in [0.15, 0.2) is 0 Å².